The predicted octanol–water partition coefficient (Wildman–Crippen LogP) is 1.24. The number of nitrogens with two attached hydrogens (primary N) is 3. The summed E-state index contributed by atoms with van der Waals surface area (Å²) in [5.74, 6) is -2.22. The van der Waals surface area contributed by atoms with Gasteiger partial charge in [-0.1, -0.05) is 12.5 Å². The van der Waals surface area contributed by atoms with Gasteiger partial charge in [0.2, 0.25) is 11.8 Å². The van der Waals surface area contributed by atoms with Gasteiger partial charge in [0.1, 0.15) is 17.7 Å². The van der Waals surface area contributed by atoms with Crippen LogP contribution in [0, 0.1) is 30.0 Å². The summed E-state index contributed by atoms with van der Waals surface area (Å²) in [5.41, 5.74) is 16.0. The van der Waals surface area contributed by atoms with Crippen LogP contribution in [-0.4, -0.2) is 66.7 Å². The maximum absolute atomic E-state index is 13.6. The third kappa shape index (κ3) is 9.13. The van der Waals surface area contributed by atoms with Gasteiger partial charge in [-0.25, -0.2) is 14.2 Å². The number of amides is 2. The van der Waals surface area contributed by atoms with Crippen molar-refractivity contribution in [3.05, 3.63) is 41.0 Å². The number of halogens is 1. The summed E-state index contributed by atoms with van der Waals surface area (Å²) in [4.78, 5) is 42.1. The number of esters is 1. The quantitative estimate of drug-likeness (QED) is 0.0972. The maximum atomic E-state index is 13.6. The van der Waals surface area contributed by atoms with Gasteiger partial charge in [-0.15, -0.1) is 12.8 Å². The number of aliphatic imine (C=N–C) groups is 1. The van der Waals surface area contributed by atoms with Crippen molar-refractivity contribution in [2.24, 2.45) is 16.5 Å². The minimum atomic E-state index is -0.969. The van der Waals surface area contributed by atoms with E-state index in [4.69, 9.17) is 22.5 Å². The Morgan fingerprint density at radius 3 is 2.34 bits per heavy atom. The van der Waals surface area contributed by atoms with E-state index in [1.54, 1.807) is 4.90 Å². The number of methoxy groups -OCH3 is 1. The van der Waals surface area contributed by atoms with Crippen LogP contribution in [0.2, 0.25) is 0 Å². The number of nitrogens with zero attached hydrogens (tertiary/aromatic N) is 4. The van der Waals surface area contributed by atoms with Crippen LogP contribution in [0.15, 0.2) is 34.6 Å². The number of ether oxygens (including phenoxy) is 1. The Balaban J connectivity index is 0.000000363. The van der Waals surface area contributed by atoms with E-state index in [2.05, 4.69) is 22.6 Å². The number of terminal acetylenes is 1. The lowest BCUT2D eigenvalue weighted by molar-refractivity contribution is -0.139. The van der Waals surface area contributed by atoms with Gasteiger partial charge in [0.05, 0.1) is 19.2 Å². The van der Waals surface area contributed by atoms with Gasteiger partial charge >= 0.3 is 5.97 Å². The standard InChI is InChI=1S/C12H12FN5O2.C12H20N2O2.C2H2/c1-20-12(19)6(5-14)10(16)18-11(17)9-7(13)3-2-4-8(9)15;15-11-6-2-1-3-9-14(11)10-12(16)13-7-4-5-8-13;1-2/h2-4H,15-16H2,1H3,(H2,17,18);1-10H2;1-2H/b10-6-;;. The van der Waals surface area contributed by atoms with Crippen molar-refractivity contribution < 1.29 is 23.5 Å². The van der Waals surface area contributed by atoms with Crippen LogP contribution in [0.4, 0.5) is 10.1 Å². The van der Waals surface area contributed by atoms with Gasteiger partial charge < -0.3 is 31.7 Å². The van der Waals surface area contributed by atoms with E-state index in [1.807, 2.05) is 4.90 Å². The molecule has 1 aromatic rings. The molecule has 2 aliphatic rings. The second-order valence-corrected chi connectivity index (χ2v) is 8.28. The molecule has 12 heteroatoms. The van der Waals surface area contributed by atoms with E-state index in [1.165, 1.54) is 18.2 Å². The molecule has 3 rings (SSSR count). The minimum Gasteiger partial charge on any atom is -0.465 e. The Morgan fingerprint density at radius 1 is 1.13 bits per heavy atom. The SMILES string of the molecule is C#C.COC(=O)/C(C#N)=C(N)\N=C(/N)c1c(N)cccc1F.O=C(CN1CCCCCC1=O)N1CCCC1. The van der Waals surface area contributed by atoms with Crippen LogP contribution in [0.3, 0.4) is 0 Å². The normalized spacial score (nSPS) is 16.0. The lowest BCUT2D eigenvalue weighted by Crippen LogP contribution is -2.41. The van der Waals surface area contributed by atoms with E-state index in [0.29, 0.717) is 13.0 Å². The predicted molar refractivity (Wildman–Crippen MR) is 141 cm³/mol. The molecule has 38 heavy (non-hydrogen) atoms. The number of likely N-dealkylation sites (tertiary alicyclic amines) is 2. The molecule has 2 amide bonds. The van der Waals surface area contributed by atoms with Crippen LogP contribution in [0.5, 0.6) is 0 Å². The highest BCUT2D eigenvalue weighted by Crippen LogP contribution is 2.16. The lowest BCUT2D eigenvalue weighted by Gasteiger charge is -2.23. The Morgan fingerprint density at radius 2 is 1.76 bits per heavy atom. The van der Waals surface area contributed by atoms with Crippen molar-refractivity contribution in [2.45, 2.75) is 38.5 Å². The first-order valence-electron chi connectivity index (χ1n) is 11.9. The summed E-state index contributed by atoms with van der Waals surface area (Å²) in [6, 6.07) is 5.49. The van der Waals surface area contributed by atoms with Crippen LogP contribution in [0.1, 0.15) is 44.1 Å². The van der Waals surface area contributed by atoms with E-state index in [-0.39, 0.29) is 28.9 Å². The fourth-order valence-corrected chi connectivity index (χ4v) is 3.80. The Kier molecular flexibility index (Phi) is 13.4. The van der Waals surface area contributed by atoms with Gasteiger partial charge in [0.15, 0.2) is 11.4 Å². The molecule has 0 unspecified atom stereocenters. The second-order valence-electron chi connectivity index (χ2n) is 8.28. The molecule has 0 radical (unpaired) electrons. The van der Waals surface area contributed by atoms with E-state index >= 15 is 0 Å². The molecule has 2 heterocycles. The average Bonchev–Trinajstić information content (AvgIpc) is 3.37. The molecule has 0 bridgehead atoms. The molecule has 0 aromatic heterocycles. The molecule has 0 aliphatic carbocycles. The number of hydrogen-bond acceptors (Lipinski definition) is 8. The number of amidine groups is 1. The summed E-state index contributed by atoms with van der Waals surface area (Å²) in [5, 5.41) is 8.79. The molecular weight excluding hydrogens is 493 g/mol. The number of benzene rings is 1. The van der Waals surface area contributed by atoms with Gasteiger partial charge in [-0.3, -0.25) is 9.59 Å². The van der Waals surface area contributed by atoms with Crippen molar-refractivity contribution >= 4 is 29.3 Å². The highest BCUT2D eigenvalue weighted by Gasteiger charge is 2.24. The molecule has 2 aliphatic heterocycles. The molecule has 204 valence electrons. The van der Waals surface area contributed by atoms with E-state index in [9.17, 15) is 18.8 Å². The zero-order chi connectivity index (χ0) is 28.7. The Labute approximate surface area is 222 Å². The van der Waals surface area contributed by atoms with E-state index < -0.39 is 23.2 Å². The van der Waals surface area contributed by atoms with Crippen LogP contribution in [-0.2, 0) is 19.1 Å². The highest BCUT2D eigenvalue weighted by atomic mass is 19.1. The summed E-state index contributed by atoms with van der Waals surface area (Å²) in [6.45, 7) is 2.82. The molecule has 2 fully saturated rings. The largest absolute Gasteiger partial charge is 0.465 e. The number of nitrogen functional groups attached to an aromatic ring is 1. The van der Waals surface area contributed by atoms with Crippen molar-refractivity contribution in [3.63, 3.8) is 0 Å². The Hall–Kier alpha value is -4.58. The molecule has 0 spiro atoms. The third-order valence-corrected chi connectivity index (χ3v) is 5.76. The monoisotopic (exact) mass is 527 g/mol. The maximum Gasteiger partial charge on any atom is 0.352 e. The molecule has 11 nitrogen and oxygen atoms in total. The number of hydrogen-bond donors (Lipinski definition) is 3. The van der Waals surface area contributed by atoms with Crippen LogP contribution < -0.4 is 17.2 Å². The third-order valence-electron chi connectivity index (χ3n) is 5.76. The zero-order valence-electron chi connectivity index (χ0n) is 21.5. The fourth-order valence-electron chi connectivity index (χ4n) is 3.80. The highest BCUT2D eigenvalue weighted by molar-refractivity contribution is 6.03. The summed E-state index contributed by atoms with van der Waals surface area (Å²) in [7, 11) is 1.08. The smallest absolute Gasteiger partial charge is 0.352 e. The van der Waals surface area contributed by atoms with Crippen molar-refractivity contribution in [1.29, 1.82) is 5.26 Å². The molecule has 0 atom stereocenters. The van der Waals surface area contributed by atoms with Gasteiger partial charge in [-0.2, -0.15) is 5.26 Å². The minimum absolute atomic E-state index is 0.0515. The molecule has 2 saturated heterocycles. The van der Waals surface area contributed by atoms with Crippen molar-refractivity contribution in [1.82, 2.24) is 9.80 Å². The van der Waals surface area contributed by atoms with E-state index in [0.717, 1.165) is 64.9 Å². The molecular formula is C26H34FN7O4. The van der Waals surface area contributed by atoms with Crippen LogP contribution >= 0.6 is 0 Å². The lowest BCUT2D eigenvalue weighted by atomic mass is 10.1. The number of rotatable bonds is 5. The topological polar surface area (TPSA) is 181 Å². The number of carbonyl (C=O) groups excluding carboxylic acids is 3. The average molecular weight is 528 g/mol. The van der Waals surface area contributed by atoms with Gasteiger partial charge in [0, 0.05) is 31.7 Å². The van der Waals surface area contributed by atoms with Crippen LogP contribution in [0.25, 0.3) is 0 Å². The molecule has 6 N–H and O–H groups in total. The summed E-state index contributed by atoms with van der Waals surface area (Å²) in [6.07, 6.45) is 14.0. The first-order chi connectivity index (χ1) is 18.2. The first kappa shape index (κ1) is 31.4. The number of anilines is 1. The number of nitriles is 1. The van der Waals surface area contributed by atoms with Gasteiger partial charge in [-0.05, 0) is 37.8 Å². The summed E-state index contributed by atoms with van der Waals surface area (Å²) >= 11 is 0. The number of carbonyl (C=O) groups is 3. The Bertz CT molecular complexity index is 1100. The first-order valence-corrected chi connectivity index (χ1v) is 11.9. The zero-order valence-corrected chi connectivity index (χ0v) is 21.5. The van der Waals surface area contributed by atoms with Crippen molar-refractivity contribution in [2.75, 3.05) is 39.0 Å². The molecule has 0 saturated carbocycles. The molecule has 1 aromatic carbocycles. The van der Waals surface area contributed by atoms with Crippen molar-refractivity contribution in [3.8, 4) is 18.9 Å². The second kappa shape index (κ2) is 16.2. The summed E-state index contributed by atoms with van der Waals surface area (Å²) < 4.78 is 18.0. The fraction of sp³-hybridized carbons (Fsp3) is 0.423. The van der Waals surface area contributed by atoms with Gasteiger partial charge in [0.25, 0.3) is 0 Å².